The number of rotatable bonds is 4. The van der Waals surface area contributed by atoms with E-state index in [2.05, 4.69) is 0 Å². The van der Waals surface area contributed by atoms with Crippen LogP contribution in [0.25, 0.3) is 11.1 Å². The first-order valence-corrected chi connectivity index (χ1v) is 6.56. The number of esters is 1. The van der Waals surface area contributed by atoms with Gasteiger partial charge < -0.3 is 4.74 Å². The first-order chi connectivity index (χ1) is 9.67. The van der Waals surface area contributed by atoms with Gasteiger partial charge in [-0.05, 0) is 30.2 Å². The van der Waals surface area contributed by atoms with E-state index in [1.807, 2.05) is 12.1 Å². The molecule has 2 aromatic carbocycles. The van der Waals surface area contributed by atoms with Crippen molar-refractivity contribution in [2.75, 3.05) is 6.61 Å². The Morgan fingerprint density at radius 2 is 2.00 bits per heavy atom. The highest BCUT2D eigenvalue weighted by atomic mass is 35.5. The van der Waals surface area contributed by atoms with Crippen LogP contribution in [0.2, 0.25) is 5.02 Å². The number of carbonyl (C=O) groups excluding carboxylic acids is 2. The summed E-state index contributed by atoms with van der Waals surface area (Å²) in [5.41, 5.74) is 2.46. The third kappa shape index (κ3) is 2.89. The van der Waals surface area contributed by atoms with Crippen LogP contribution in [-0.4, -0.2) is 18.9 Å². The number of benzene rings is 2. The lowest BCUT2D eigenvalue weighted by molar-refractivity contribution is 0.0526. The van der Waals surface area contributed by atoms with Crippen LogP contribution in [0.15, 0.2) is 42.5 Å². The SMILES string of the molecule is CCOC(=O)c1ccc(-c2ccccc2C=O)cc1Cl. The Bertz CT molecular complexity index is 650. The average molecular weight is 289 g/mol. The number of ether oxygens (including phenoxy) is 1. The Labute approximate surface area is 122 Å². The van der Waals surface area contributed by atoms with Gasteiger partial charge in [-0.1, -0.05) is 41.9 Å². The van der Waals surface area contributed by atoms with Crippen molar-refractivity contribution in [3.63, 3.8) is 0 Å². The van der Waals surface area contributed by atoms with Crippen molar-refractivity contribution in [2.45, 2.75) is 6.92 Å². The Balaban J connectivity index is 2.43. The molecule has 0 fully saturated rings. The average Bonchev–Trinajstić information content (AvgIpc) is 2.47. The minimum atomic E-state index is -0.451. The zero-order valence-electron chi connectivity index (χ0n) is 10.9. The van der Waals surface area contributed by atoms with Gasteiger partial charge in [0.05, 0.1) is 17.2 Å². The number of hydrogen-bond donors (Lipinski definition) is 0. The molecule has 0 aromatic heterocycles. The molecule has 4 heteroatoms. The van der Waals surface area contributed by atoms with E-state index >= 15 is 0 Å². The molecule has 0 spiro atoms. The zero-order chi connectivity index (χ0) is 14.5. The highest BCUT2D eigenvalue weighted by Crippen LogP contribution is 2.28. The fourth-order valence-corrected chi connectivity index (χ4v) is 2.18. The lowest BCUT2D eigenvalue weighted by atomic mass is 9.99. The van der Waals surface area contributed by atoms with Crippen molar-refractivity contribution in [1.82, 2.24) is 0 Å². The van der Waals surface area contributed by atoms with Gasteiger partial charge in [-0.25, -0.2) is 4.79 Å². The molecule has 102 valence electrons. The van der Waals surface area contributed by atoms with Gasteiger partial charge in [0.2, 0.25) is 0 Å². The summed E-state index contributed by atoms with van der Waals surface area (Å²) in [5.74, 6) is -0.451. The molecule has 2 aromatic rings. The standard InChI is InChI=1S/C16H13ClO3/c1-2-20-16(19)14-8-7-11(9-15(14)17)13-6-4-3-5-12(13)10-18/h3-10H,2H2,1H3. The van der Waals surface area contributed by atoms with Crippen LogP contribution in [0, 0.1) is 0 Å². The lowest BCUT2D eigenvalue weighted by Crippen LogP contribution is -2.05. The molecule has 0 saturated carbocycles. The number of carbonyl (C=O) groups is 2. The van der Waals surface area contributed by atoms with Crippen molar-refractivity contribution in [1.29, 1.82) is 0 Å². The van der Waals surface area contributed by atoms with Crippen LogP contribution in [0.5, 0.6) is 0 Å². The fraction of sp³-hybridized carbons (Fsp3) is 0.125. The van der Waals surface area contributed by atoms with Crippen molar-refractivity contribution in [3.05, 3.63) is 58.6 Å². The second-order valence-electron chi connectivity index (χ2n) is 4.12. The van der Waals surface area contributed by atoms with Crippen LogP contribution in [0.3, 0.4) is 0 Å². The first-order valence-electron chi connectivity index (χ1n) is 6.18. The maximum atomic E-state index is 11.7. The van der Waals surface area contributed by atoms with E-state index in [1.54, 1.807) is 37.3 Å². The molecule has 0 N–H and O–H groups in total. The van der Waals surface area contributed by atoms with Gasteiger partial charge in [0, 0.05) is 5.56 Å². The van der Waals surface area contributed by atoms with Crippen molar-refractivity contribution < 1.29 is 14.3 Å². The molecule has 0 radical (unpaired) electrons. The molecule has 0 bridgehead atoms. The van der Waals surface area contributed by atoms with E-state index in [-0.39, 0.29) is 0 Å². The van der Waals surface area contributed by atoms with E-state index in [9.17, 15) is 9.59 Å². The van der Waals surface area contributed by atoms with Gasteiger partial charge in [-0.2, -0.15) is 0 Å². The minimum Gasteiger partial charge on any atom is -0.462 e. The molecule has 0 aliphatic heterocycles. The van der Waals surface area contributed by atoms with E-state index < -0.39 is 5.97 Å². The molecule has 0 aliphatic carbocycles. The summed E-state index contributed by atoms with van der Waals surface area (Å²) in [5, 5.41) is 0.307. The second kappa shape index (κ2) is 6.35. The predicted octanol–water partition coefficient (Wildman–Crippen LogP) is 4.00. The highest BCUT2D eigenvalue weighted by Gasteiger charge is 2.13. The molecule has 0 atom stereocenters. The molecular weight excluding hydrogens is 276 g/mol. The quantitative estimate of drug-likeness (QED) is 0.631. The summed E-state index contributed by atoms with van der Waals surface area (Å²) < 4.78 is 4.92. The highest BCUT2D eigenvalue weighted by molar-refractivity contribution is 6.33. The largest absolute Gasteiger partial charge is 0.462 e. The topological polar surface area (TPSA) is 43.4 Å². The monoisotopic (exact) mass is 288 g/mol. The van der Waals surface area contributed by atoms with Gasteiger partial charge in [0.1, 0.15) is 0 Å². The van der Waals surface area contributed by atoms with Gasteiger partial charge in [0.25, 0.3) is 0 Å². The summed E-state index contributed by atoms with van der Waals surface area (Å²) in [6, 6.07) is 12.2. The number of aldehydes is 1. The van der Waals surface area contributed by atoms with Gasteiger partial charge in [0.15, 0.2) is 6.29 Å². The maximum absolute atomic E-state index is 11.7. The van der Waals surface area contributed by atoms with E-state index in [0.29, 0.717) is 22.8 Å². The van der Waals surface area contributed by atoms with Crippen molar-refractivity contribution >= 4 is 23.9 Å². The lowest BCUT2D eigenvalue weighted by Gasteiger charge is -2.08. The van der Waals surface area contributed by atoms with Gasteiger partial charge in [-0.3, -0.25) is 4.79 Å². The third-order valence-electron chi connectivity index (χ3n) is 2.86. The second-order valence-corrected chi connectivity index (χ2v) is 4.53. The summed E-state index contributed by atoms with van der Waals surface area (Å²) in [7, 11) is 0. The Morgan fingerprint density at radius 3 is 2.65 bits per heavy atom. The molecule has 2 rings (SSSR count). The molecule has 3 nitrogen and oxygen atoms in total. The van der Waals surface area contributed by atoms with Gasteiger partial charge in [-0.15, -0.1) is 0 Å². The Kier molecular flexibility index (Phi) is 4.53. The van der Waals surface area contributed by atoms with Crippen LogP contribution in [-0.2, 0) is 4.74 Å². The molecule has 20 heavy (non-hydrogen) atoms. The van der Waals surface area contributed by atoms with E-state index in [4.69, 9.17) is 16.3 Å². The van der Waals surface area contributed by atoms with Crippen LogP contribution in [0.1, 0.15) is 27.6 Å². The first kappa shape index (κ1) is 14.3. The van der Waals surface area contributed by atoms with Gasteiger partial charge >= 0.3 is 5.97 Å². The Hall–Kier alpha value is -2.13. The summed E-state index contributed by atoms with van der Waals surface area (Å²) >= 11 is 6.12. The molecule has 0 unspecified atom stereocenters. The normalized spacial score (nSPS) is 10.1. The molecule has 0 saturated heterocycles. The van der Waals surface area contributed by atoms with Crippen LogP contribution >= 0.6 is 11.6 Å². The van der Waals surface area contributed by atoms with Crippen molar-refractivity contribution in [2.24, 2.45) is 0 Å². The third-order valence-corrected chi connectivity index (χ3v) is 3.18. The van der Waals surface area contributed by atoms with Crippen LogP contribution in [0.4, 0.5) is 0 Å². The molecular formula is C16H13ClO3. The van der Waals surface area contributed by atoms with E-state index in [0.717, 1.165) is 17.4 Å². The van der Waals surface area contributed by atoms with Crippen LogP contribution < -0.4 is 0 Å². The van der Waals surface area contributed by atoms with E-state index in [1.165, 1.54) is 0 Å². The zero-order valence-corrected chi connectivity index (χ0v) is 11.7. The summed E-state index contributed by atoms with van der Waals surface area (Å²) in [4.78, 5) is 22.7. The predicted molar refractivity (Wildman–Crippen MR) is 78.2 cm³/mol. The number of hydrogen-bond acceptors (Lipinski definition) is 3. The van der Waals surface area contributed by atoms with Crippen molar-refractivity contribution in [3.8, 4) is 11.1 Å². The Morgan fingerprint density at radius 1 is 1.25 bits per heavy atom. The summed E-state index contributed by atoms with van der Waals surface area (Å²) in [6.07, 6.45) is 0.794. The summed E-state index contributed by atoms with van der Waals surface area (Å²) in [6.45, 7) is 2.03. The molecule has 0 amide bonds. The molecule has 0 aliphatic rings. The minimum absolute atomic E-state index is 0.297. The smallest absolute Gasteiger partial charge is 0.339 e. The fourth-order valence-electron chi connectivity index (χ4n) is 1.92. The molecule has 0 heterocycles. The maximum Gasteiger partial charge on any atom is 0.339 e. The number of halogens is 1.